The van der Waals surface area contributed by atoms with Crippen LogP contribution in [0.2, 0.25) is 0 Å². The van der Waals surface area contributed by atoms with Crippen LogP contribution in [0.4, 0.5) is 5.69 Å². The van der Waals surface area contributed by atoms with E-state index in [-0.39, 0.29) is 0 Å². The predicted molar refractivity (Wildman–Crippen MR) is 63.7 cm³/mol. The Morgan fingerprint density at radius 1 is 1.12 bits per heavy atom. The van der Waals surface area contributed by atoms with Crippen LogP contribution in [-0.4, -0.2) is 27.3 Å². The van der Waals surface area contributed by atoms with E-state index in [1.165, 1.54) is 37.2 Å². The number of anilines is 1. The zero-order valence-corrected chi connectivity index (χ0v) is 9.82. The van der Waals surface area contributed by atoms with Gasteiger partial charge in [0.1, 0.15) is 0 Å². The lowest BCUT2D eigenvalue weighted by molar-refractivity contribution is 0.342. The van der Waals surface area contributed by atoms with Gasteiger partial charge in [-0.2, -0.15) is 0 Å². The van der Waals surface area contributed by atoms with E-state index in [1.54, 1.807) is 14.2 Å². The number of methoxy groups -OCH3 is 2. The SMILES string of the molecule is COc1ccc2c(c1OC)C1CCN2CC1. The molecular formula is C13H17NO2. The first-order valence-corrected chi connectivity index (χ1v) is 5.85. The number of nitrogens with zero attached hydrogens (tertiary/aromatic N) is 1. The third-order valence-corrected chi connectivity index (χ3v) is 3.80. The lowest BCUT2D eigenvalue weighted by Gasteiger charge is -2.42. The molecule has 0 spiro atoms. The molecule has 3 aliphatic heterocycles. The first-order valence-electron chi connectivity index (χ1n) is 5.85. The summed E-state index contributed by atoms with van der Waals surface area (Å²) in [5.74, 6) is 2.45. The predicted octanol–water partition coefficient (Wildman–Crippen LogP) is 2.40. The summed E-state index contributed by atoms with van der Waals surface area (Å²) in [5.41, 5.74) is 2.71. The fourth-order valence-corrected chi connectivity index (χ4v) is 3.02. The van der Waals surface area contributed by atoms with E-state index in [4.69, 9.17) is 9.47 Å². The van der Waals surface area contributed by atoms with Crippen molar-refractivity contribution in [1.82, 2.24) is 0 Å². The van der Waals surface area contributed by atoms with Crippen molar-refractivity contribution in [3.05, 3.63) is 17.7 Å². The molecule has 2 bridgehead atoms. The lowest BCUT2D eigenvalue weighted by atomic mass is 9.82. The van der Waals surface area contributed by atoms with E-state index in [0.29, 0.717) is 5.92 Å². The molecule has 1 saturated heterocycles. The highest BCUT2D eigenvalue weighted by Crippen LogP contribution is 2.49. The molecule has 0 amide bonds. The van der Waals surface area contributed by atoms with Crippen LogP contribution in [0.5, 0.6) is 11.5 Å². The van der Waals surface area contributed by atoms with Gasteiger partial charge in [0.25, 0.3) is 0 Å². The fourth-order valence-electron chi connectivity index (χ4n) is 3.02. The van der Waals surface area contributed by atoms with Crippen LogP contribution < -0.4 is 14.4 Å². The number of piperidine rings is 1. The second kappa shape index (κ2) is 3.58. The molecule has 3 aliphatic rings. The molecule has 1 aromatic carbocycles. The van der Waals surface area contributed by atoms with E-state index in [0.717, 1.165) is 11.5 Å². The zero-order chi connectivity index (χ0) is 11.1. The molecule has 16 heavy (non-hydrogen) atoms. The van der Waals surface area contributed by atoms with Crippen molar-refractivity contribution in [2.45, 2.75) is 18.8 Å². The Balaban J connectivity index is 2.19. The van der Waals surface area contributed by atoms with Crippen molar-refractivity contribution in [1.29, 1.82) is 0 Å². The van der Waals surface area contributed by atoms with Crippen LogP contribution in [0, 0.1) is 0 Å². The Labute approximate surface area is 96.0 Å². The third-order valence-electron chi connectivity index (χ3n) is 3.80. The summed E-state index contributed by atoms with van der Waals surface area (Å²) in [4.78, 5) is 2.46. The molecule has 0 aromatic heterocycles. The molecule has 3 heteroatoms. The summed E-state index contributed by atoms with van der Waals surface area (Å²) in [6, 6.07) is 4.18. The Hall–Kier alpha value is -1.38. The van der Waals surface area contributed by atoms with Crippen LogP contribution >= 0.6 is 0 Å². The Bertz CT molecular complexity index is 409. The maximum absolute atomic E-state index is 5.54. The quantitative estimate of drug-likeness (QED) is 0.762. The maximum Gasteiger partial charge on any atom is 0.166 e. The average Bonchev–Trinajstić information content (AvgIpc) is 2.38. The van der Waals surface area contributed by atoms with Gasteiger partial charge in [0.2, 0.25) is 0 Å². The first-order chi connectivity index (χ1) is 7.85. The van der Waals surface area contributed by atoms with E-state index >= 15 is 0 Å². The molecule has 3 nitrogen and oxygen atoms in total. The van der Waals surface area contributed by atoms with Gasteiger partial charge in [-0.25, -0.2) is 0 Å². The van der Waals surface area contributed by atoms with Gasteiger partial charge in [0.05, 0.1) is 14.2 Å². The number of benzene rings is 1. The van der Waals surface area contributed by atoms with E-state index in [9.17, 15) is 0 Å². The molecule has 0 atom stereocenters. The largest absolute Gasteiger partial charge is 0.493 e. The smallest absolute Gasteiger partial charge is 0.166 e. The number of fused-ring (bicyclic) bond motifs is 2. The van der Waals surface area contributed by atoms with Crippen LogP contribution in [0.15, 0.2) is 12.1 Å². The van der Waals surface area contributed by atoms with Gasteiger partial charge >= 0.3 is 0 Å². The molecule has 0 radical (unpaired) electrons. The highest BCUT2D eigenvalue weighted by atomic mass is 16.5. The molecule has 86 valence electrons. The van der Waals surface area contributed by atoms with Crippen LogP contribution in [-0.2, 0) is 0 Å². The Morgan fingerprint density at radius 3 is 2.50 bits per heavy atom. The molecule has 3 heterocycles. The molecule has 0 unspecified atom stereocenters. The number of hydrogen-bond acceptors (Lipinski definition) is 3. The van der Waals surface area contributed by atoms with Crippen molar-refractivity contribution < 1.29 is 9.47 Å². The minimum atomic E-state index is 0.657. The third kappa shape index (κ3) is 1.20. The molecular weight excluding hydrogens is 202 g/mol. The van der Waals surface area contributed by atoms with Gasteiger partial charge in [-0.05, 0) is 30.9 Å². The van der Waals surface area contributed by atoms with Gasteiger partial charge in [-0.3, -0.25) is 0 Å². The van der Waals surface area contributed by atoms with Crippen molar-refractivity contribution in [3.63, 3.8) is 0 Å². The van der Waals surface area contributed by atoms with Gasteiger partial charge in [-0.1, -0.05) is 0 Å². The topological polar surface area (TPSA) is 21.7 Å². The molecule has 1 aromatic rings. The number of hydrogen-bond donors (Lipinski definition) is 0. The molecule has 4 rings (SSSR count). The van der Waals surface area contributed by atoms with Crippen LogP contribution in [0.3, 0.4) is 0 Å². The number of ether oxygens (including phenoxy) is 2. The monoisotopic (exact) mass is 219 g/mol. The highest BCUT2D eigenvalue weighted by molar-refractivity contribution is 5.68. The summed E-state index contributed by atoms with van der Waals surface area (Å²) in [6.45, 7) is 2.38. The van der Waals surface area contributed by atoms with Crippen LogP contribution in [0.1, 0.15) is 24.3 Å². The summed E-state index contributed by atoms with van der Waals surface area (Å²) >= 11 is 0. The van der Waals surface area contributed by atoms with Gasteiger partial charge < -0.3 is 14.4 Å². The second-order valence-electron chi connectivity index (χ2n) is 4.50. The minimum absolute atomic E-state index is 0.657. The average molecular weight is 219 g/mol. The lowest BCUT2D eigenvalue weighted by Crippen LogP contribution is -2.38. The van der Waals surface area contributed by atoms with E-state index in [2.05, 4.69) is 11.0 Å². The summed E-state index contributed by atoms with van der Waals surface area (Å²) in [5, 5.41) is 0. The Morgan fingerprint density at radius 2 is 1.88 bits per heavy atom. The summed E-state index contributed by atoms with van der Waals surface area (Å²) < 4.78 is 10.9. The molecule has 0 aliphatic carbocycles. The minimum Gasteiger partial charge on any atom is -0.493 e. The van der Waals surface area contributed by atoms with Crippen molar-refractivity contribution in [2.75, 3.05) is 32.2 Å². The van der Waals surface area contributed by atoms with E-state index < -0.39 is 0 Å². The highest BCUT2D eigenvalue weighted by Gasteiger charge is 2.34. The molecule has 0 N–H and O–H groups in total. The maximum atomic E-state index is 5.54. The van der Waals surface area contributed by atoms with Crippen molar-refractivity contribution in [3.8, 4) is 11.5 Å². The van der Waals surface area contributed by atoms with Crippen LogP contribution in [0.25, 0.3) is 0 Å². The standard InChI is InChI=1S/C13H17NO2/c1-15-11-4-3-10-12(13(11)16-2)9-5-7-14(10)8-6-9/h3-4,9H,5-8H2,1-2H3. The first kappa shape index (κ1) is 9.82. The normalized spacial score (nSPS) is 18.5. The summed E-state index contributed by atoms with van der Waals surface area (Å²) in [6.07, 6.45) is 2.49. The van der Waals surface area contributed by atoms with E-state index in [1.807, 2.05) is 6.07 Å². The zero-order valence-electron chi connectivity index (χ0n) is 9.82. The van der Waals surface area contributed by atoms with Gasteiger partial charge in [0.15, 0.2) is 11.5 Å². The Kier molecular flexibility index (Phi) is 2.20. The fraction of sp³-hybridized carbons (Fsp3) is 0.538. The van der Waals surface area contributed by atoms with Gasteiger partial charge in [-0.15, -0.1) is 0 Å². The number of rotatable bonds is 2. The molecule has 1 fully saturated rings. The summed E-state index contributed by atoms with van der Waals surface area (Å²) in [7, 11) is 3.43. The second-order valence-corrected chi connectivity index (χ2v) is 4.50. The molecule has 0 saturated carbocycles. The van der Waals surface area contributed by atoms with Gasteiger partial charge in [0, 0.05) is 24.3 Å². The van der Waals surface area contributed by atoms with Crippen molar-refractivity contribution >= 4 is 5.69 Å². The van der Waals surface area contributed by atoms with Crippen molar-refractivity contribution in [2.24, 2.45) is 0 Å².